The fourth-order valence-electron chi connectivity index (χ4n) is 3.84. The Morgan fingerprint density at radius 2 is 1.50 bits per heavy atom. The highest BCUT2D eigenvalue weighted by atomic mass is 19.2. The van der Waals surface area contributed by atoms with Crippen LogP contribution in [-0.4, -0.2) is 0 Å². The lowest BCUT2D eigenvalue weighted by Crippen LogP contribution is -2.16. The summed E-state index contributed by atoms with van der Waals surface area (Å²) >= 11 is 0. The first-order valence-electron chi connectivity index (χ1n) is 9.41. The maximum Gasteiger partial charge on any atom is 0.159 e. The highest BCUT2D eigenvalue weighted by molar-refractivity contribution is 5.32. The van der Waals surface area contributed by atoms with Gasteiger partial charge in [0.2, 0.25) is 0 Å². The van der Waals surface area contributed by atoms with Crippen molar-refractivity contribution < 1.29 is 17.6 Å². The quantitative estimate of drug-likeness (QED) is 0.526. The highest BCUT2D eigenvalue weighted by Crippen LogP contribution is 2.31. The molecule has 0 saturated heterocycles. The van der Waals surface area contributed by atoms with E-state index < -0.39 is 23.3 Å². The molecule has 3 rings (SSSR count). The van der Waals surface area contributed by atoms with Gasteiger partial charge in [0.25, 0.3) is 0 Å². The predicted octanol–water partition coefficient (Wildman–Crippen LogP) is 6.32. The van der Waals surface area contributed by atoms with Gasteiger partial charge in [0.15, 0.2) is 11.6 Å². The predicted molar refractivity (Wildman–Crippen MR) is 95.2 cm³/mol. The van der Waals surface area contributed by atoms with Gasteiger partial charge in [-0.3, -0.25) is 0 Å². The van der Waals surface area contributed by atoms with Gasteiger partial charge in [-0.15, -0.1) is 0 Å². The van der Waals surface area contributed by atoms with E-state index in [0.29, 0.717) is 37.7 Å². The van der Waals surface area contributed by atoms with Crippen LogP contribution < -0.4 is 0 Å². The van der Waals surface area contributed by atoms with Gasteiger partial charge in [-0.1, -0.05) is 13.3 Å². The molecule has 2 aromatic carbocycles. The van der Waals surface area contributed by atoms with Crippen molar-refractivity contribution in [2.45, 2.75) is 58.3 Å². The summed E-state index contributed by atoms with van der Waals surface area (Å²) in [6.07, 6.45) is 5.69. The zero-order valence-electron chi connectivity index (χ0n) is 15.1. The first-order valence-corrected chi connectivity index (χ1v) is 9.41. The van der Waals surface area contributed by atoms with E-state index in [1.54, 1.807) is 0 Å². The van der Waals surface area contributed by atoms with Crippen LogP contribution in [-0.2, 0) is 25.7 Å². The molecule has 140 valence electrons. The lowest BCUT2D eigenvalue weighted by Gasteiger charge is -2.25. The van der Waals surface area contributed by atoms with Crippen molar-refractivity contribution in [2.75, 3.05) is 0 Å². The molecule has 0 N–H and O–H groups in total. The lowest BCUT2D eigenvalue weighted by molar-refractivity contribution is 0.413. The van der Waals surface area contributed by atoms with E-state index in [9.17, 15) is 17.6 Å². The molecule has 0 radical (unpaired) electrons. The second-order valence-electron chi connectivity index (χ2n) is 7.32. The lowest BCUT2D eigenvalue weighted by atomic mass is 9.81. The van der Waals surface area contributed by atoms with Gasteiger partial charge in [-0.2, -0.15) is 0 Å². The molecule has 4 heteroatoms. The van der Waals surface area contributed by atoms with Crippen LogP contribution in [0, 0.1) is 29.2 Å². The molecule has 0 nitrogen and oxygen atoms in total. The summed E-state index contributed by atoms with van der Waals surface area (Å²) in [5.74, 6) is -2.36. The summed E-state index contributed by atoms with van der Waals surface area (Å²) in [5, 5.41) is 0. The molecule has 1 aliphatic carbocycles. The van der Waals surface area contributed by atoms with Gasteiger partial charge in [0.05, 0.1) is 0 Å². The monoisotopic (exact) mass is 364 g/mol. The van der Waals surface area contributed by atoms with Crippen LogP contribution in [0.2, 0.25) is 0 Å². The Hall–Kier alpha value is -1.84. The summed E-state index contributed by atoms with van der Waals surface area (Å²) in [6.45, 7) is 2.05. The smallest absolute Gasteiger partial charge is 0.159 e. The molecule has 0 aliphatic heterocycles. The molecule has 2 aromatic rings. The topological polar surface area (TPSA) is 0 Å². The minimum absolute atomic E-state index is 0.140. The van der Waals surface area contributed by atoms with Gasteiger partial charge in [0, 0.05) is 5.56 Å². The number of unbranched alkanes of at least 4 members (excludes halogenated alkanes) is 1. The number of hydrogen-bond acceptors (Lipinski definition) is 0. The molecule has 0 amide bonds. The average molecular weight is 364 g/mol. The Bertz CT molecular complexity index is 759. The van der Waals surface area contributed by atoms with Crippen LogP contribution in [0.5, 0.6) is 0 Å². The molecular formula is C22H24F4. The minimum Gasteiger partial charge on any atom is -0.207 e. The third-order valence-electron chi connectivity index (χ3n) is 5.40. The molecule has 0 bridgehead atoms. The third kappa shape index (κ3) is 4.28. The average Bonchev–Trinajstić information content (AvgIpc) is 2.60. The van der Waals surface area contributed by atoms with Crippen LogP contribution in [0.15, 0.2) is 24.3 Å². The van der Waals surface area contributed by atoms with Crippen molar-refractivity contribution in [3.05, 3.63) is 69.8 Å². The number of fused-ring (bicyclic) bond motifs is 1. The van der Waals surface area contributed by atoms with Crippen LogP contribution in [0.3, 0.4) is 0 Å². The van der Waals surface area contributed by atoms with Gasteiger partial charge in [-0.25, -0.2) is 17.6 Å². The second kappa shape index (κ2) is 8.24. The molecule has 0 spiro atoms. The molecule has 26 heavy (non-hydrogen) atoms. The van der Waals surface area contributed by atoms with Crippen molar-refractivity contribution in [2.24, 2.45) is 5.92 Å². The summed E-state index contributed by atoms with van der Waals surface area (Å²) in [6, 6.07) is 5.43. The maximum atomic E-state index is 14.3. The van der Waals surface area contributed by atoms with Crippen molar-refractivity contribution >= 4 is 0 Å². The van der Waals surface area contributed by atoms with E-state index in [1.165, 1.54) is 24.3 Å². The second-order valence-corrected chi connectivity index (χ2v) is 7.32. The first kappa shape index (κ1) is 18.9. The molecule has 1 unspecified atom stereocenters. The summed E-state index contributed by atoms with van der Waals surface area (Å²) in [4.78, 5) is 0. The molecule has 1 atom stereocenters. The molecule has 0 heterocycles. The fraction of sp³-hybridized carbons (Fsp3) is 0.455. The van der Waals surface area contributed by atoms with Crippen molar-refractivity contribution in [3.8, 4) is 0 Å². The standard InChI is InChI=1S/C22H24F4/c1-2-3-4-15-10-19(23)18(20(24)11-15)8-6-14-5-7-16-12-21(25)22(26)13-17(16)9-14/h10-14H,2-9H2,1H3. The van der Waals surface area contributed by atoms with Crippen LogP contribution in [0.25, 0.3) is 0 Å². The summed E-state index contributed by atoms with van der Waals surface area (Å²) < 4.78 is 55.4. The van der Waals surface area contributed by atoms with Crippen LogP contribution in [0.4, 0.5) is 17.6 Å². The zero-order valence-corrected chi connectivity index (χ0v) is 15.1. The van der Waals surface area contributed by atoms with E-state index in [4.69, 9.17) is 0 Å². The van der Waals surface area contributed by atoms with Crippen molar-refractivity contribution in [1.29, 1.82) is 0 Å². The molecule has 0 fully saturated rings. The van der Waals surface area contributed by atoms with Gasteiger partial charge in [-0.05, 0) is 91.8 Å². The Morgan fingerprint density at radius 1 is 0.846 bits per heavy atom. The number of benzene rings is 2. The zero-order chi connectivity index (χ0) is 18.7. The van der Waals surface area contributed by atoms with Gasteiger partial charge < -0.3 is 0 Å². The third-order valence-corrected chi connectivity index (χ3v) is 5.40. The van der Waals surface area contributed by atoms with Crippen molar-refractivity contribution in [1.82, 2.24) is 0 Å². The van der Waals surface area contributed by atoms with Crippen LogP contribution >= 0.6 is 0 Å². The highest BCUT2D eigenvalue weighted by Gasteiger charge is 2.22. The van der Waals surface area contributed by atoms with E-state index >= 15 is 0 Å². The minimum atomic E-state index is -0.829. The number of rotatable bonds is 6. The number of aryl methyl sites for hydroxylation is 2. The Balaban J connectivity index is 1.65. The summed E-state index contributed by atoms with van der Waals surface area (Å²) in [7, 11) is 0. The van der Waals surface area contributed by atoms with E-state index in [-0.39, 0.29) is 11.5 Å². The van der Waals surface area contributed by atoms with Crippen molar-refractivity contribution in [3.63, 3.8) is 0 Å². The number of hydrogen-bond donors (Lipinski definition) is 0. The summed E-state index contributed by atoms with van der Waals surface area (Å²) in [5.41, 5.74) is 2.50. The SMILES string of the molecule is CCCCc1cc(F)c(CCC2CCc3cc(F)c(F)cc3C2)c(F)c1. The van der Waals surface area contributed by atoms with Gasteiger partial charge in [0.1, 0.15) is 11.6 Å². The molecular weight excluding hydrogens is 340 g/mol. The van der Waals surface area contributed by atoms with E-state index in [0.717, 1.165) is 30.4 Å². The Kier molecular flexibility index (Phi) is 6.00. The largest absolute Gasteiger partial charge is 0.207 e. The van der Waals surface area contributed by atoms with Gasteiger partial charge >= 0.3 is 0 Å². The Morgan fingerprint density at radius 3 is 2.15 bits per heavy atom. The first-order chi connectivity index (χ1) is 12.5. The van der Waals surface area contributed by atoms with Crippen LogP contribution in [0.1, 0.15) is 54.9 Å². The maximum absolute atomic E-state index is 14.3. The molecule has 1 aliphatic rings. The number of halogens is 4. The normalized spacial score (nSPS) is 16.6. The van der Waals surface area contributed by atoms with E-state index in [1.807, 2.05) is 6.92 Å². The van der Waals surface area contributed by atoms with E-state index in [2.05, 4.69) is 0 Å². The Labute approximate surface area is 152 Å². The molecule has 0 aromatic heterocycles. The molecule has 0 saturated carbocycles. The fourth-order valence-corrected chi connectivity index (χ4v) is 3.84.